The average Bonchev–Trinajstić information content (AvgIpc) is 2.59. The van der Waals surface area contributed by atoms with E-state index in [-0.39, 0.29) is 24.2 Å². The van der Waals surface area contributed by atoms with Crippen molar-refractivity contribution in [1.29, 1.82) is 0 Å². The van der Waals surface area contributed by atoms with Gasteiger partial charge in [-0.05, 0) is 31.2 Å². The largest absolute Gasteiger partial charge is 0.335 e. The van der Waals surface area contributed by atoms with Crippen molar-refractivity contribution in [2.24, 2.45) is 5.92 Å². The minimum atomic E-state index is -0.869. The highest BCUT2D eigenvalue weighted by atomic mass is 19.2. The molecule has 1 aliphatic rings. The Morgan fingerprint density at radius 2 is 2.00 bits per heavy atom. The van der Waals surface area contributed by atoms with Crippen LogP contribution in [0.1, 0.15) is 64.4 Å². The van der Waals surface area contributed by atoms with Crippen molar-refractivity contribution in [1.82, 2.24) is 10.2 Å². The van der Waals surface area contributed by atoms with Crippen LogP contribution in [0.4, 0.5) is 13.6 Å². The van der Waals surface area contributed by atoms with Crippen molar-refractivity contribution < 1.29 is 13.6 Å². The molecule has 2 rings (SSSR count). The van der Waals surface area contributed by atoms with Crippen LogP contribution in [0.5, 0.6) is 0 Å². The van der Waals surface area contributed by atoms with Crippen LogP contribution in [0.25, 0.3) is 0 Å². The Hall–Kier alpha value is -1.65. The van der Waals surface area contributed by atoms with Crippen LogP contribution in [-0.2, 0) is 6.54 Å². The summed E-state index contributed by atoms with van der Waals surface area (Å²) in [4.78, 5) is 14.4. The maximum Gasteiger partial charge on any atom is 0.317 e. The standard InChI is InChI=1S/C20H30F2N2O/c1-3-8-15(2)13-24(14-16-9-7-12-18(21)19(16)22)20(25)23-17-10-5-4-6-11-17/h7,9,12,15,17H,3-6,8,10-11,13-14H2,1-2H3,(H,23,25). The van der Waals surface area contributed by atoms with Gasteiger partial charge in [-0.15, -0.1) is 0 Å². The summed E-state index contributed by atoms with van der Waals surface area (Å²) >= 11 is 0. The second kappa shape index (κ2) is 9.73. The third-order valence-electron chi connectivity index (χ3n) is 4.93. The summed E-state index contributed by atoms with van der Waals surface area (Å²) in [6, 6.07) is 4.16. The number of carbonyl (C=O) groups is 1. The zero-order valence-electron chi connectivity index (χ0n) is 15.4. The van der Waals surface area contributed by atoms with Gasteiger partial charge in [0.1, 0.15) is 0 Å². The number of carbonyl (C=O) groups excluding carboxylic acids is 1. The molecule has 0 aromatic heterocycles. The normalized spacial score (nSPS) is 16.5. The molecule has 3 nitrogen and oxygen atoms in total. The first kappa shape index (κ1) is 19.7. The molecule has 1 aliphatic carbocycles. The van der Waals surface area contributed by atoms with Gasteiger partial charge in [0.25, 0.3) is 0 Å². The monoisotopic (exact) mass is 352 g/mol. The van der Waals surface area contributed by atoms with Crippen LogP contribution in [0.2, 0.25) is 0 Å². The highest BCUT2D eigenvalue weighted by molar-refractivity contribution is 5.74. The molecule has 0 heterocycles. The molecule has 5 heteroatoms. The number of halogens is 2. The van der Waals surface area contributed by atoms with Gasteiger partial charge in [-0.2, -0.15) is 0 Å². The van der Waals surface area contributed by atoms with Crippen molar-refractivity contribution in [2.75, 3.05) is 6.54 Å². The van der Waals surface area contributed by atoms with Crippen molar-refractivity contribution in [3.63, 3.8) is 0 Å². The van der Waals surface area contributed by atoms with Gasteiger partial charge in [0.15, 0.2) is 11.6 Å². The van der Waals surface area contributed by atoms with Crippen LogP contribution in [0.3, 0.4) is 0 Å². The minimum absolute atomic E-state index is 0.0935. The van der Waals surface area contributed by atoms with Crippen LogP contribution in [-0.4, -0.2) is 23.5 Å². The van der Waals surface area contributed by atoms with Crippen LogP contribution < -0.4 is 5.32 Å². The summed E-state index contributed by atoms with van der Waals surface area (Å²) in [6.45, 7) is 4.83. The van der Waals surface area contributed by atoms with E-state index >= 15 is 0 Å². The van der Waals surface area contributed by atoms with Gasteiger partial charge in [0.2, 0.25) is 0 Å². The lowest BCUT2D eigenvalue weighted by atomic mass is 9.96. The van der Waals surface area contributed by atoms with E-state index in [1.165, 1.54) is 12.5 Å². The quantitative estimate of drug-likeness (QED) is 0.714. The second-order valence-electron chi connectivity index (χ2n) is 7.27. The van der Waals surface area contributed by atoms with Crippen LogP contribution >= 0.6 is 0 Å². The SMILES string of the molecule is CCCC(C)CN(Cc1cccc(F)c1F)C(=O)NC1CCCCC1. The number of hydrogen-bond donors (Lipinski definition) is 1. The Morgan fingerprint density at radius 1 is 1.28 bits per heavy atom. The van der Waals surface area contributed by atoms with Gasteiger partial charge < -0.3 is 10.2 Å². The fraction of sp³-hybridized carbons (Fsp3) is 0.650. The van der Waals surface area contributed by atoms with E-state index in [9.17, 15) is 13.6 Å². The molecule has 1 saturated carbocycles. The van der Waals surface area contributed by atoms with E-state index in [0.29, 0.717) is 12.5 Å². The fourth-order valence-corrected chi connectivity index (χ4v) is 3.57. The third kappa shape index (κ3) is 5.98. The number of benzene rings is 1. The lowest BCUT2D eigenvalue weighted by Gasteiger charge is -2.30. The minimum Gasteiger partial charge on any atom is -0.335 e. The molecule has 0 aliphatic heterocycles. The molecule has 0 spiro atoms. The van der Waals surface area contributed by atoms with Gasteiger partial charge in [-0.3, -0.25) is 0 Å². The number of nitrogens with zero attached hydrogens (tertiary/aromatic N) is 1. The molecule has 25 heavy (non-hydrogen) atoms. The van der Waals surface area contributed by atoms with Gasteiger partial charge in [-0.1, -0.05) is 51.7 Å². The highest BCUT2D eigenvalue weighted by Crippen LogP contribution is 2.19. The van der Waals surface area contributed by atoms with Crippen molar-refractivity contribution in [3.05, 3.63) is 35.4 Å². The first-order chi connectivity index (χ1) is 12.0. The van der Waals surface area contributed by atoms with E-state index in [4.69, 9.17) is 0 Å². The molecule has 1 fully saturated rings. The first-order valence-corrected chi connectivity index (χ1v) is 9.49. The summed E-state index contributed by atoms with van der Waals surface area (Å²) in [6.07, 6.45) is 7.52. The highest BCUT2D eigenvalue weighted by Gasteiger charge is 2.22. The van der Waals surface area contributed by atoms with E-state index < -0.39 is 11.6 Å². The lowest BCUT2D eigenvalue weighted by Crippen LogP contribution is -2.46. The molecule has 1 unspecified atom stereocenters. The molecule has 1 aromatic rings. The molecule has 0 saturated heterocycles. The Morgan fingerprint density at radius 3 is 2.68 bits per heavy atom. The van der Waals surface area contributed by atoms with Crippen molar-refractivity contribution >= 4 is 6.03 Å². The van der Waals surface area contributed by atoms with Crippen molar-refractivity contribution in [2.45, 2.75) is 71.4 Å². The summed E-state index contributed by atoms with van der Waals surface area (Å²) in [7, 11) is 0. The first-order valence-electron chi connectivity index (χ1n) is 9.49. The molecule has 2 amide bonds. The van der Waals surface area contributed by atoms with Gasteiger partial charge in [0.05, 0.1) is 6.54 Å². The Balaban J connectivity index is 2.08. The predicted molar refractivity (Wildman–Crippen MR) is 96.2 cm³/mol. The molecule has 1 atom stereocenters. The van der Waals surface area contributed by atoms with Crippen LogP contribution in [0, 0.1) is 17.6 Å². The fourth-order valence-electron chi connectivity index (χ4n) is 3.57. The summed E-state index contributed by atoms with van der Waals surface area (Å²) < 4.78 is 27.5. The molecule has 1 aromatic carbocycles. The topological polar surface area (TPSA) is 32.3 Å². The Bertz CT molecular complexity index is 559. The number of rotatable bonds is 7. The Labute approximate surface area is 149 Å². The predicted octanol–water partition coefficient (Wildman–Crippen LogP) is 5.25. The van der Waals surface area contributed by atoms with Gasteiger partial charge >= 0.3 is 6.03 Å². The van der Waals surface area contributed by atoms with Gasteiger partial charge in [-0.25, -0.2) is 13.6 Å². The molecular weight excluding hydrogens is 322 g/mol. The summed E-state index contributed by atoms with van der Waals surface area (Å²) in [5.74, 6) is -1.41. The number of amides is 2. The molecule has 0 bridgehead atoms. The smallest absolute Gasteiger partial charge is 0.317 e. The van der Waals surface area contributed by atoms with Gasteiger partial charge in [0, 0.05) is 18.2 Å². The Kier molecular flexibility index (Phi) is 7.66. The van der Waals surface area contributed by atoms with Crippen LogP contribution in [0.15, 0.2) is 18.2 Å². The van der Waals surface area contributed by atoms with E-state index in [2.05, 4.69) is 19.2 Å². The lowest BCUT2D eigenvalue weighted by molar-refractivity contribution is 0.176. The molecule has 140 valence electrons. The molecule has 1 N–H and O–H groups in total. The maximum atomic E-state index is 14.0. The molecular formula is C20H30F2N2O. The average molecular weight is 352 g/mol. The summed E-state index contributed by atoms with van der Waals surface area (Å²) in [5.41, 5.74) is 0.225. The second-order valence-corrected chi connectivity index (χ2v) is 7.27. The van der Waals surface area contributed by atoms with E-state index in [1.54, 1.807) is 11.0 Å². The van der Waals surface area contributed by atoms with E-state index in [0.717, 1.165) is 44.6 Å². The number of hydrogen-bond acceptors (Lipinski definition) is 1. The number of nitrogens with one attached hydrogen (secondary N) is 1. The zero-order valence-corrected chi connectivity index (χ0v) is 15.4. The van der Waals surface area contributed by atoms with Crippen molar-refractivity contribution in [3.8, 4) is 0 Å². The number of urea groups is 1. The maximum absolute atomic E-state index is 14.0. The van der Waals surface area contributed by atoms with E-state index in [1.807, 2.05) is 0 Å². The summed E-state index contributed by atoms with van der Waals surface area (Å²) in [5, 5.41) is 3.09. The zero-order chi connectivity index (χ0) is 18.2. The third-order valence-corrected chi connectivity index (χ3v) is 4.93. The molecule has 0 radical (unpaired) electrons.